The summed E-state index contributed by atoms with van der Waals surface area (Å²) in [5, 5.41) is 0.808. The fraction of sp³-hybridized carbons (Fsp3) is 0.211. The number of rotatable bonds is 8. The summed E-state index contributed by atoms with van der Waals surface area (Å²) < 4.78 is 0. The molecular formula is C19H21N3OS. The van der Waals surface area contributed by atoms with Gasteiger partial charge >= 0.3 is 0 Å². The molecule has 0 radical (unpaired) electrons. The van der Waals surface area contributed by atoms with Gasteiger partial charge in [0.2, 0.25) is 0 Å². The van der Waals surface area contributed by atoms with Gasteiger partial charge in [-0.25, -0.2) is 0 Å². The molecule has 2 rings (SSSR count). The Kier molecular flexibility index (Phi) is 7.23. The van der Waals surface area contributed by atoms with E-state index in [1.54, 1.807) is 19.4 Å². The first kappa shape index (κ1) is 17.9. The van der Waals surface area contributed by atoms with E-state index in [4.69, 9.17) is 0 Å². The first-order valence-corrected chi connectivity index (χ1v) is 8.68. The van der Waals surface area contributed by atoms with E-state index in [9.17, 15) is 4.79 Å². The molecular weight excluding hydrogens is 318 g/mol. The van der Waals surface area contributed by atoms with E-state index in [0.29, 0.717) is 5.75 Å². The predicted octanol–water partition coefficient (Wildman–Crippen LogP) is 3.41. The SMILES string of the molecule is C=C(SCC=O)N(CCc1ccccc1)/C(=N\C)c1cccnc1. The number of carbonyl (C=O) groups excluding carboxylic acids is 1. The van der Waals surface area contributed by atoms with Gasteiger partial charge in [-0.1, -0.05) is 36.9 Å². The fourth-order valence-corrected chi connectivity index (χ4v) is 2.94. The molecule has 0 aliphatic carbocycles. The maximum Gasteiger partial charge on any atom is 0.137 e. The van der Waals surface area contributed by atoms with Crippen molar-refractivity contribution in [2.45, 2.75) is 6.42 Å². The molecule has 0 aliphatic heterocycles. The first-order valence-electron chi connectivity index (χ1n) is 7.70. The van der Waals surface area contributed by atoms with Crippen LogP contribution in [0.3, 0.4) is 0 Å². The Bertz CT molecular complexity index is 686. The molecule has 0 saturated carbocycles. The number of pyridine rings is 1. The molecule has 1 heterocycles. The Morgan fingerprint density at radius 3 is 2.71 bits per heavy atom. The quantitative estimate of drug-likeness (QED) is 0.420. The highest BCUT2D eigenvalue weighted by atomic mass is 32.2. The van der Waals surface area contributed by atoms with E-state index >= 15 is 0 Å². The standard InChI is InChI=1S/C19H21N3OS/c1-16(24-14-13-23)22(12-10-17-7-4-3-5-8-17)19(20-2)18-9-6-11-21-15-18/h3-9,11,13,15H,1,10,12,14H2,2H3/b20-19-. The Hall–Kier alpha value is -2.40. The van der Waals surface area contributed by atoms with Gasteiger partial charge in [0.05, 0.1) is 10.8 Å². The normalized spacial score (nSPS) is 11.1. The number of aldehydes is 1. The van der Waals surface area contributed by atoms with Crippen LogP contribution in [0.4, 0.5) is 0 Å². The minimum Gasteiger partial charge on any atom is -0.321 e. The summed E-state index contributed by atoms with van der Waals surface area (Å²) in [7, 11) is 1.76. The molecule has 1 aromatic carbocycles. The molecule has 0 bridgehead atoms. The summed E-state index contributed by atoms with van der Waals surface area (Å²) in [6.45, 7) is 4.86. The molecule has 5 heteroatoms. The smallest absolute Gasteiger partial charge is 0.137 e. The second kappa shape index (κ2) is 9.67. The topological polar surface area (TPSA) is 45.6 Å². The van der Waals surface area contributed by atoms with Crippen LogP contribution in [0.25, 0.3) is 0 Å². The van der Waals surface area contributed by atoms with Crippen molar-refractivity contribution in [3.05, 3.63) is 77.6 Å². The number of hydrogen-bond donors (Lipinski definition) is 0. The van der Waals surface area contributed by atoms with Crippen LogP contribution < -0.4 is 0 Å². The summed E-state index contributed by atoms with van der Waals surface area (Å²) in [5.41, 5.74) is 2.18. The van der Waals surface area contributed by atoms with E-state index < -0.39 is 0 Å². The molecule has 0 atom stereocenters. The molecule has 2 aromatic rings. The van der Waals surface area contributed by atoms with Crippen LogP contribution in [0.15, 0.2) is 71.5 Å². The van der Waals surface area contributed by atoms with Gasteiger partial charge in [-0.3, -0.25) is 9.98 Å². The summed E-state index contributed by atoms with van der Waals surface area (Å²) in [6, 6.07) is 14.1. The van der Waals surface area contributed by atoms with Crippen molar-refractivity contribution in [3.63, 3.8) is 0 Å². The van der Waals surface area contributed by atoms with Crippen LogP contribution >= 0.6 is 11.8 Å². The van der Waals surface area contributed by atoms with Gasteiger partial charge in [0.25, 0.3) is 0 Å². The molecule has 0 unspecified atom stereocenters. The minimum absolute atomic E-state index is 0.380. The average Bonchev–Trinajstić information content (AvgIpc) is 2.64. The fourth-order valence-electron chi connectivity index (χ4n) is 2.34. The molecule has 24 heavy (non-hydrogen) atoms. The number of aliphatic imine (C=N–C) groups is 1. The van der Waals surface area contributed by atoms with Gasteiger partial charge < -0.3 is 9.69 Å². The predicted molar refractivity (Wildman–Crippen MR) is 101 cm³/mol. The summed E-state index contributed by atoms with van der Waals surface area (Å²) >= 11 is 1.42. The van der Waals surface area contributed by atoms with E-state index in [0.717, 1.165) is 35.7 Å². The largest absolute Gasteiger partial charge is 0.321 e. The lowest BCUT2D eigenvalue weighted by Gasteiger charge is -2.27. The van der Waals surface area contributed by atoms with E-state index in [2.05, 4.69) is 33.6 Å². The minimum atomic E-state index is 0.380. The van der Waals surface area contributed by atoms with Gasteiger partial charge in [0.15, 0.2) is 0 Å². The molecule has 124 valence electrons. The van der Waals surface area contributed by atoms with Gasteiger partial charge in [0, 0.05) is 31.5 Å². The molecule has 0 spiro atoms. The lowest BCUT2D eigenvalue weighted by molar-refractivity contribution is -0.105. The molecule has 1 aromatic heterocycles. The number of thioether (sulfide) groups is 1. The second-order valence-electron chi connectivity index (χ2n) is 5.05. The highest BCUT2D eigenvalue weighted by Crippen LogP contribution is 2.21. The third kappa shape index (κ3) is 5.06. The molecule has 0 amide bonds. The van der Waals surface area contributed by atoms with Crippen LogP contribution in [-0.4, -0.2) is 41.4 Å². The highest BCUT2D eigenvalue weighted by molar-refractivity contribution is 8.03. The maximum atomic E-state index is 10.7. The van der Waals surface area contributed by atoms with Crippen molar-refractivity contribution in [1.29, 1.82) is 0 Å². The zero-order valence-corrected chi connectivity index (χ0v) is 14.6. The third-order valence-corrected chi connectivity index (χ3v) is 4.33. The van der Waals surface area contributed by atoms with E-state index in [1.165, 1.54) is 17.3 Å². The molecule has 0 saturated heterocycles. The first-order chi connectivity index (χ1) is 11.8. The number of hydrogen-bond acceptors (Lipinski definition) is 4. The summed E-state index contributed by atoms with van der Waals surface area (Å²) in [4.78, 5) is 21.4. The number of nitrogens with zero attached hydrogens (tertiary/aromatic N) is 3. The van der Waals surface area contributed by atoms with Crippen LogP contribution in [0.2, 0.25) is 0 Å². The lowest BCUT2D eigenvalue weighted by Crippen LogP contribution is -2.32. The van der Waals surface area contributed by atoms with Crippen molar-refractivity contribution in [2.75, 3.05) is 19.3 Å². The van der Waals surface area contributed by atoms with Crippen LogP contribution in [-0.2, 0) is 11.2 Å². The van der Waals surface area contributed by atoms with Crippen molar-refractivity contribution in [1.82, 2.24) is 9.88 Å². The zero-order valence-electron chi connectivity index (χ0n) is 13.8. The van der Waals surface area contributed by atoms with Crippen molar-refractivity contribution in [2.24, 2.45) is 4.99 Å². The summed E-state index contributed by atoms with van der Waals surface area (Å²) in [6.07, 6.45) is 5.27. The van der Waals surface area contributed by atoms with Crippen LogP contribution in [0.1, 0.15) is 11.1 Å². The molecule has 0 fully saturated rings. The molecule has 0 N–H and O–H groups in total. The number of benzene rings is 1. The molecule has 4 nitrogen and oxygen atoms in total. The number of aromatic nitrogens is 1. The second-order valence-corrected chi connectivity index (χ2v) is 6.14. The van der Waals surface area contributed by atoms with Crippen molar-refractivity contribution >= 4 is 23.9 Å². The summed E-state index contributed by atoms with van der Waals surface area (Å²) in [5.74, 6) is 1.19. The Labute approximate surface area is 147 Å². The van der Waals surface area contributed by atoms with Gasteiger partial charge in [-0.05, 0) is 24.1 Å². The van der Waals surface area contributed by atoms with Gasteiger partial charge in [0.1, 0.15) is 12.1 Å². The average molecular weight is 339 g/mol. The highest BCUT2D eigenvalue weighted by Gasteiger charge is 2.16. The maximum absolute atomic E-state index is 10.7. The number of carbonyl (C=O) groups is 1. The Morgan fingerprint density at radius 1 is 1.29 bits per heavy atom. The van der Waals surface area contributed by atoms with Crippen LogP contribution in [0.5, 0.6) is 0 Å². The monoisotopic (exact) mass is 339 g/mol. The Morgan fingerprint density at radius 2 is 2.08 bits per heavy atom. The van der Waals surface area contributed by atoms with Crippen molar-refractivity contribution in [3.8, 4) is 0 Å². The van der Waals surface area contributed by atoms with Crippen molar-refractivity contribution < 1.29 is 4.79 Å². The van der Waals surface area contributed by atoms with E-state index in [-0.39, 0.29) is 0 Å². The number of amidine groups is 1. The van der Waals surface area contributed by atoms with E-state index in [1.807, 2.05) is 30.3 Å². The third-order valence-electron chi connectivity index (χ3n) is 3.47. The van der Waals surface area contributed by atoms with Gasteiger partial charge in [-0.15, -0.1) is 11.8 Å². The molecule has 0 aliphatic rings. The van der Waals surface area contributed by atoms with Gasteiger partial charge in [-0.2, -0.15) is 0 Å². The van der Waals surface area contributed by atoms with Crippen LogP contribution in [0, 0.1) is 0 Å². The zero-order chi connectivity index (χ0) is 17.2. The Balaban J connectivity index is 2.21. The lowest BCUT2D eigenvalue weighted by atomic mass is 10.1.